The predicted molar refractivity (Wildman–Crippen MR) is 66.0 cm³/mol. The first-order valence-electron chi connectivity index (χ1n) is 5.97. The molecule has 0 aliphatic carbocycles. The van der Waals surface area contributed by atoms with Crippen LogP contribution < -0.4 is 10.5 Å². The molecule has 0 heterocycles. The fourth-order valence-corrected chi connectivity index (χ4v) is 1.72. The molecule has 1 unspecified atom stereocenters. The van der Waals surface area contributed by atoms with Crippen LogP contribution in [0, 0.1) is 0 Å². The van der Waals surface area contributed by atoms with Crippen LogP contribution in [-0.4, -0.2) is 26.5 Å². The molecular formula is C13H18F3NO2. The Morgan fingerprint density at radius 3 is 2.58 bits per heavy atom. The van der Waals surface area contributed by atoms with Gasteiger partial charge in [0, 0.05) is 18.2 Å². The zero-order valence-electron chi connectivity index (χ0n) is 10.7. The molecule has 1 aromatic carbocycles. The largest absolute Gasteiger partial charge is 0.496 e. The Hall–Kier alpha value is -1.27. The van der Waals surface area contributed by atoms with Crippen molar-refractivity contribution in [3.8, 4) is 5.75 Å². The summed E-state index contributed by atoms with van der Waals surface area (Å²) in [6.45, 7) is -1.17. The van der Waals surface area contributed by atoms with Gasteiger partial charge in [0.2, 0.25) is 0 Å². The first-order chi connectivity index (χ1) is 8.94. The van der Waals surface area contributed by atoms with Gasteiger partial charge in [-0.25, -0.2) is 0 Å². The zero-order valence-corrected chi connectivity index (χ0v) is 10.7. The number of methoxy groups -OCH3 is 1. The van der Waals surface area contributed by atoms with Gasteiger partial charge in [-0.1, -0.05) is 18.2 Å². The first kappa shape index (κ1) is 15.8. The molecule has 1 aromatic rings. The maximum absolute atomic E-state index is 11.8. The van der Waals surface area contributed by atoms with E-state index >= 15 is 0 Å². The molecule has 3 nitrogen and oxygen atoms in total. The Kier molecular flexibility index (Phi) is 6.11. The minimum atomic E-state index is -4.27. The van der Waals surface area contributed by atoms with Gasteiger partial charge in [-0.05, 0) is 18.9 Å². The van der Waals surface area contributed by atoms with Crippen molar-refractivity contribution in [2.24, 2.45) is 5.73 Å². The molecule has 0 amide bonds. The third-order valence-electron chi connectivity index (χ3n) is 2.61. The summed E-state index contributed by atoms with van der Waals surface area (Å²) in [7, 11) is 1.55. The van der Waals surface area contributed by atoms with E-state index in [2.05, 4.69) is 4.74 Å². The number of nitrogens with two attached hydrogens (primary N) is 1. The molecule has 19 heavy (non-hydrogen) atoms. The summed E-state index contributed by atoms with van der Waals surface area (Å²) in [6.07, 6.45) is -3.27. The molecular weight excluding hydrogens is 259 g/mol. The molecule has 2 N–H and O–H groups in total. The lowest BCUT2D eigenvalue weighted by molar-refractivity contribution is -0.174. The summed E-state index contributed by atoms with van der Waals surface area (Å²) >= 11 is 0. The molecule has 0 spiro atoms. The fraction of sp³-hybridized carbons (Fsp3) is 0.538. The van der Waals surface area contributed by atoms with Gasteiger partial charge < -0.3 is 15.2 Å². The van der Waals surface area contributed by atoms with Gasteiger partial charge in [-0.2, -0.15) is 13.2 Å². The highest BCUT2D eigenvalue weighted by Gasteiger charge is 2.27. The summed E-state index contributed by atoms with van der Waals surface area (Å²) in [5.41, 5.74) is 6.83. The maximum atomic E-state index is 11.8. The summed E-state index contributed by atoms with van der Waals surface area (Å²) in [4.78, 5) is 0. The minimum absolute atomic E-state index is 0.0440. The smallest absolute Gasteiger partial charge is 0.411 e. The number of hydrogen-bond acceptors (Lipinski definition) is 3. The van der Waals surface area contributed by atoms with Crippen LogP contribution in [0.1, 0.15) is 24.4 Å². The molecule has 0 radical (unpaired) electrons. The van der Waals surface area contributed by atoms with E-state index in [0.29, 0.717) is 18.6 Å². The highest BCUT2D eigenvalue weighted by Crippen LogP contribution is 2.26. The second kappa shape index (κ2) is 7.35. The first-order valence-corrected chi connectivity index (χ1v) is 5.97. The number of hydrogen-bond donors (Lipinski definition) is 1. The fourth-order valence-electron chi connectivity index (χ4n) is 1.72. The summed E-state index contributed by atoms with van der Waals surface area (Å²) in [5, 5.41) is 0. The van der Waals surface area contributed by atoms with E-state index in [0.717, 1.165) is 5.56 Å². The van der Waals surface area contributed by atoms with Gasteiger partial charge in [0.15, 0.2) is 0 Å². The van der Waals surface area contributed by atoms with Crippen molar-refractivity contribution in [3.05, 3.63) is 29.8 Å². The van der Waals surface area contributed by atoms with Crippen LogP contribution in [0.15, 0.2) is 24.3 Å². The van der Waals surface area contributed by atoms with Crippen LogP contribution in [0.5, 0.6) is 5.75 Å². The average Bonchev–Trinajstić information content (AvgIpc) is 2.36. The van der Waals surface area contributed by atoms with Crippen molar-refractivity contribution in [1.82, 2.24) is 0 Å². The Labute approximate surface area is 110 Å². The van der Waals surface area contributed by atoms with Gasteiger partial charge in [-0.3, -0.25) is 0 Å². The van der Waals surface area contributed by atoms with Crippen LogP contribution >= 0.6 is 0 Å². The van der Waals surface area contributed by atoms with E-state index < -0.39 is 12.8 Å². The van der Waals surface area contributed by atoms with E-state index in [1.165, 1.54) is 0 Å². The molecule has 0 aliphatic heterocycles. The molecule has 1 atom stereocenters. The number of para-hydroxylation sites is 1. The Balaban J connectivity index is 2.33. The van der Waals surface area contributed by atoms with Crippen molar-refractivity contribution < 1.29 is 22.6 Å². The topological polar surface area (TPSA) is 44.5 Å². The van der Waals surface area contributed by atoms with Gasteiger partial charge in [0.25, 0.3) is 0 Å². The molecule has 0 aliphatic rings. The third-order valence-corrected chi connectivity index (χ3v) is 2.61. The van der Waals surface area contributed by atoms with Crippen LogP contribution in [0.25, 0.3) is 0 Å². The molecule has 0 fully saturated rings. The molecule has 108 valence electrons. The van der Waals surface area contributed by atoms with Gasteiger partial charge in [0.05, 0.1) is 7.11 Å². The monoisotopic (exact) mass is 277 g/mol. The zero-order chi connectivity index (χ0) is 14.3. The Morgan fingerprint density at radius 1 is 1.26 bits per heavy atom. The maximum Gasteiger partial charge on any atom is 0.411 e. The number of rotatable bonds is 7. The highest BCUT2D eigenvalue weighted by atomic mass is 19.4. The lowest BCUT2D eigenvalue weighted by atomic mass is 10.0. The van der Waals surface area contributed by atoms with E-state index in [9.17, 15) is 13.2 Å². The number of alkyl halides is 3. The van der Waals surface area contributed by atoms with Crippen LogP contribution in [0.3, 0.4) is 0 Å². The third kappa shape index (κ3) is 5.94. The minimum Gasteiger partial charge on any atom is -0.496 e. The van der Waals surface area contributed by atoms with Crippen molar-refractivity contribution in [2.45, 2.75) is 25.1 Å². The Bertz CT molecular complexity index is 382. The number of benzene rings is 1. The molecule has 0 aromatic heterocycles. The molecule has 1 rings (SSSR count). The van der Waals surface area contributed by atoms with Crippen molar-refractivity contribution in [1.29, 1.82) is 0 Å². The lowest BCUT2D eigenvalue weighted by Gasteiger charge is -2.15. The van der Waals surface area contributed by atoms with Crippen LogP contribution in [-0.2, 0) is 4.74 Å². The van der Waals surface area contributed by atoms with Crippen molar-refractivity contribution in [3.63, 3.8) is 0 Å². The van der Waals surface area contributed by atoms with E-state index in [1.54, 1.807) is 13.2 Å². The molecule has 0 bridgehead atoms. The van der Waals surface area contributed by atoms with Gasteiger partial charge in [-0.15, -0.1) is 0 Å². The van der Waals surface area contributed by atoms with E-state index in [-0.39, 0.29) is 12.6 Å². The summed E-state index contributed by atoms with van der Waals surface area (Å²) in [6, 6.07) is 7.06. The molecule has 6 heteroatoms. The number of ether oxygens (including phenoxy) is 2. The van der Waals surface area contributed by atoms with Crippen molar-refractivity contribution >= 4 is 0 Å². The van der Waals surface area contributed by atoms with Gasteiger partial charge >= 0.3 is 6.18 Å². The van der Waals surface area contributed by atoms with E-state index in [4.69, 9.17) is 10.5 Å². The van der Waals surface area contributed by atoms with Gasteiger partial charge in [0.1, 0.15) is 12.4 Å². The number of halogens is 3. The Morgan fingerprint density at radius 2 is 1.95 bits per heavy atom. The molecule has 0 saturated carbocycles. The van der Waals surface area contributed by atoms with Crippen LogP contribution in [0.2, 0.25) is 0 Å². The molecule has 0 saturated heterocycles. The lowest BCUT2D eigenvalue weighted by Crippen LogP contribution is -2.18. The SMILES string of the molecule is COc1ccccc1C(N)CCCOCC(F)(F)F. The predicted octanol–water partition coefficient (Wildman–Crippen LogP) is 3.05. The summed E-state index contributed by atoms with van der Waals surface area (Å²) < 4.78 is 45.2. The highest BCUT2D eigenvalue weighted by molar-refractivity contribution is 5.35. The second-order valence-electron chi connectivity index (χ2n) is 4.16. The van der Waals surface area contributed by atoms with Crippen LogP contribution in [0.4, 0.5) is 13.2 Å². The second-order valence-corrected chi connectivity index (χ2v) is 4.16. The average molecular weight is 277 g/mol. The normalized spacial score (nSPS) is 13.3. The quantitative estimate of drug-likeness (QED) is 0.779. The van der Waals surface area contributed by atoms with E-state index in [1.807, 2.05) is 18.2 Å². The standard InChI is InChI=1S/C13H18F3NO2/c1-18-12-7-3-2-5-10(12)11(17)6-4-8-19-9-13(14,15)16/h2-3,5,7,11H,4,6,8-9,17H2,1H3. The van der Waals surface area contributed by atoms with Crippen molar-refractivity contribution in [2.75, 3.05) is 20.3 Å². The summed E-state index contributed by atoms with van der Waals surface area (Å²) in [5.74, 6) is 0.686.